The van der Waals surface area contributed by atoms with E-state index in [1.54, 1.807) is 4.31 Å². The van der Waals surface area contributed by atoms with Crippen LogP contribution in [0.2, 0.25) is 0 Å². The lowest BCUT2D eigenvalue weighted by Crippen LogP contribution is -2.47. The third kappa shape index (κ3) is 5.49. The number of hydrogen-bond acceptors (Lipinski definition) is 4. The molecule has 1 unspecified atom stereocenters. The Kier molecular flexibility index (Phi) is 6.88. The van der Waals surface area contributed by atoms with Gasteiger partial charge in [-0.05, 0) is 71.2 Å². The molecule has 0 saturated carbocycles. The molecule has 0 aliphatic carbocycles. The molecule has 1 atom stereocenters. The molecule has 124 valence electrons. The van der Waals surface area contributed by atoms with Crippen LogP contribution in [0, 0.1) is 5.92 Å². The van der Waals surface area contributed by atoms with Crippen LogP contribution < -0.4 is 10.0 Å². The Morgan fingerprint density at radius 2 is 1.90 bits per heavy atom. The van der Waals surface area contributed by atoms with Crippen LogP contribution in [-0.2, 0) is 10.2 Å². The highest BCUT2D eigenvalue weighted by molar-refractivity contribution is 7.87. The van der Waals surface area contributed by atoms with E-state index in [0.717, 1.165) is 32.4 Å². The van der Waals surface area contributed by atoms with Gasteiger partial charge in [-0.1, -0.05) is 0 Å². The SMILES string of the molecule is CNCC1CCCN(S(=O)(=O)NCCCN2CCCC2)C1. The second kappa shape index (κ2) is 8.43. The third-order valence-corrected chi connectivity index (χ3v) is 6.03. The van der Waals surface area contributed by atoms with Crippen molar-refractivity contribution in [1.82, 2.24) is 19.2 Å². The lowest BCUT2D eigenvalue weighted by Gasteiger charge is -2.31. The molecule has 0 aromatic rings. The highest BCUT2D eigenvalue weighted by Gasteiger charge is 2.28. The third-order valence-electron chi connectivity index (χ3n) is 4.45. The summed E-state index contributed by atoms with van der Waals surface area (Å²) in [6, 6.07) is 0. The van der Waals surface area contributed by atoms with Crippen LogP contribution in [-0.4, -0.2) is 70.5 Å². The van der Waals surface area contributed by atoms with Crippen LogP contribution in [0.5, 0.6) is 0 Å². The zero-order valence-corrected chi connectivity index (χ0v) is 14.0. The zero-order chi connectivity index (χ0) is 15.1. The maximum absolute atomic E-state index is 12.3. The average Bonchev–Trinajstić information content (AvgIpc) is 2.98. The zero-order valence-electron chi connectivity index (χ0n) is 13.2. The lowest BCUT2D eigenvalue weighted by atomic mass is 10.00. The molecule has 7 heteroatoms. The maximum Gasteiger partial charge on any atom is 0.279 e. The van der Waals surface area contributed by atoms with Gasteiger partial charge in [-0.3, -0.25) is 0 Å². The van der Waals surface area contributed by atoms with Crippen molar-refractivity contribution in [3.63, 3.8) is 0 Å². The molecule has 6 nitrogen and oxygen atoms in total. The fourth-order valence-electron chi connectivity index (χ4n) is 3.30. The Hall–Kier alpha value is -0.210. The van der Waals surface area contributed by atoms with Crippen molar-refractivity contribution in [3.05, 3.63) is 0 Å². The van der Waals surface area contributed by atoms with Gasteiger partial charge in [0.15, 0.2) is 0 Å². The molecular weight excluding hydrogens is 288 g/mol. The average molecular weight is 318 g/mol. The van der Waals surface area contributed by atoms with Gasteiger partial charge in [-0.25, -0.2) is 4.72 Å². The molecule has 2 aliphatic rings. The minimum atomic E-state index is -3.29. The Morgan fingerprint density at radius 3 is 2.62 bits per heavy atom. The molecule has 0 spiro atoms. The minimum absolute atomic E-state index is 0.435. The molecule has 2 N–H and O–H groups in total. The van der Waals surface area contributed by atoms with Crippen LogP contribution in [0.25, 0.3) is 0 Å². The van der Waals surface area contributed by atoms with Crippen LogP contribution in [0.4, 0.5) is 0 Å². The fraction of sp³-hybridized carbons (Fsp3) is 1.00. The quantitative estimate of drug-likeness (QED) is 0.629. The van der Waals surface area contributed by atoms with Gasteiger partial charge in [0.25, 0.3) is 10.2 Å². The van der Waals surface area contributed by atoms with Crippen LogP contribution in [0.3, 0.4) is 0 Å². The smallest absolute Gasteiger partial charge is 0.279 e. The van der Waals surface area contributed by atoms with E-state index in [0.29, 0.717) is 25.6 Å². The number of nitrogens with zero attached hydrogens (tertiary/aromatic N) is 2. The Morgan fingerprint density at radius 1 is 1.14 bits per heavy atom. The monoisotopic (exact) mass is 318 g/mol. The first-order chi connectivity index (χ1) is 10.1. The predicted octanol–water partition coefficient (Wildman–Crippen LogP) is 0.238. The molecule has 2 saturated heterocycles. The van der Waals surface area contributed by atoms with Crippen molar-refractivity contribution in [2.45, 2.75) is 32.1 Å². The van der Waals surface area contributed by atoms with Gasteiger partial charge in [0.2, 0.25) is 0 Å². The molecule has 0 bridgehead atoms. The number of likely N-dealkylation sites (tertiary alicyclic amines) is 1. The molecular formula is C14H30N4O2S. The molecule has 0 amide bonds. The number of hydrogen-bond donors (Lipinski definition) is 2. The number of piperidine rings is 1. The number of rotatable bonds is 8. The Labute approximate surface area is 129 Å². The van der Waals surface area contributed by atoms with Gasteiger partial charge in [0, 0.05) is 19.6 Å². The van der Waals surface area contributed by atoms with Crippen molar-refractivity contribution >= 4 is 10.2 Å². The summed E-state index contributed by atoms with van der Waals surface area (Å²) in [4.78, 5) is 2.41. The first-order valence-electron chi connectivity index (χ1n) is 8.23. The highest BCUT2D eigenvalue weighted by Crippen LogP contribution is 2.17. The van der Waals surface area contributed by atoms with Gasteiger partial charge in [0.05, 0.1) is 0 Å². The van der Waals surface area contributed by atoms with Crippen LogP contribution in [0.1, 0.15) is 32.1 Å². The van der Waals surface area contributed by atoms with Crippen LogP contribution >= 0.6 is 0 Å². The van der Waals surface area contributed by atoms with E-state index in [1.165, 1.54) is 25.9 Å². The van der Waals surface area contributed by atoms with E-state index in [9.17, 15) is 8.42 Å². The Bertz CT molecular complexity index is 394. The van der Waals surface area contributed by atoms with E-state index in [-0.39, 0.29) is 0 Å². The molecule has 0 aromatic heterocycles. The topological polar surface area (TPSA) is 64.7 Å². The summed E-state index contributed by atoms with van der Waals surface area (Å²) in [6.45, 7) is 6.08. The summed E-state index contributed by atoms with van der Waals surface area (Å²) in [5, 5.41) is 3.15. The van der Waals surface area contributed by atoms with Gasteiger partial charge < -0.3 is 10.2 Å². The molecule has 2 heterocycles. The van der Waals surface area contributed by atoms with Crippen molar-refractivity contribution in [2.24, 2.45) is 5.92 Å². The fourth-order valence-corrected chi connectivity index (χ4v) is 4.66. The summed E-state index contributed by atoms with van der Waals surface area (Å²) in [6.07, 6.45) is 5.54. The van der Waals surface area contributed by atoms with Gasteiger partial charge in [0.1, 0.15) is 0 Å². The van der Waals surface area contributed by atoms with Crippen molar-refractivity contribution in [3.8, 4) is 0 Å². The van der Waals surface area contributed by atoms with E-state index < -0.39 is 10.2 Å². The normalized spacial score (nSPS) is 25.5. The molecule has 2 aliphatic heterocycles. The van der Waals surface area contributed by atoms with E-state index in [2.05, 4.69) is 14.9 Å². The molecule has 0 radical (unpaired) electrons. The Balaban J connectivity index is 1.70. The molecule has 2 rings (SSSR count). The second-order valence-electron chi connectivity index (χ2n) is 6.23. The summed E-state index contributed by atoms with van der Waals surface area (Å²) in [7, 11) is -1.37. The predicted molar refractivity (Wildman–Crippen MR) is 85.4 cm³/mol. The summed E-state index contributed by atoms with van der Waals surface area (Å²) < 4.78 is 29.0. The van der Waals surface area contributed by atoms with Crippen molar-refractivity contribution in [1.29, 1.82) is 0 Å². The standard InChI is InChI=1S/C14H30N4O2S/c1-15-12-14-6-4-11-18(13-14)21(19,20)16-7-5-10-17-8-2-3-9-17/h14-16H,2-13H2,1H3. The van der Waals surface area contributed by atoms with E-state index in [1.807, 2.05) is 7.05 Å². The summed E-state index contributed by atoms with van der Waals surface area (Å²) in [5.41, 5.74) is 0. The second-order valence-corrected chi connectivity index (χ2v) is 7.98. The van der Waals surface area contributed by atoms with Gasteiger partial charge in [-0.2, -0.15) is 12.7 Å². The van der Waals surface area contributed by atoms with Crippen LogP contribution in [0.15, 0.2) is 0 Å². The minimum Gasteiger partial charge on any atom is -0.319 e. The molecule has 0 aromatic carbocycles. The van der Waals surface area contributed by atoms with E-state index >= 15 is 0 Å². The summed E-state index contributed by atoms with van der Waals surface area (Å²) in [5.74, 6) is 0.435. The first-order valence-corrected chi connectivity index (χ1v) is 9.67. The first kappa shape index (κ1) is 17.1. The van der Waals surface area contributed by atoms with Crippen molar-refractivity contribution in [2.75, 3.05) is 52.9 Å². The molecule has 21 heavy (non-hydrogen) atoms. The number of nitrogens with one attached hydrogen (secondary N) is 2. The van der Waals surface area contributed by atoms with Gasteiger partial charge in [-0.15, -0.1) is 0 Å². The largest absolute Gasteiger partial charge is 0.319 e. The molecule has 2 fully saturated rings. The van der Waals surface area contributed by atoms with E-state index in [4.69, 9.17) is 0 Å². The maximum atomic E-state index is 12.3. The summed E-state index contributed by atoms with van der Waals surface area (Å²) >= 11 is 0. The van der Waals surface area contributed by atoms with Gasteiger partial charge >= 0.3 is 0 Å². The highest BCUT2D eigenvalue weighted by atomic mass is 32.2. The van der Waals surface area contributed by atoms with Crippen molar-refractivity contribution < 1.29 is 8.42 Å². The lowest BCUT2D eigenvalue weighted by molar-refractivity contribution is 0.260.